The van der Waals surface area contributed by atoms with E-state index in [0.29, 0.717) is 23.6 Å². The average molecular weight is 332 g/mol. The lowest BCUT2D eigenvalue weighted by Crippen LogP contribution is -2.60. The summed E-state index contributed by atoms with van der Waals surface area (Å²) in [4.78, 5) is 29.5. The third-order valence-electron chi connectivity index (χ3n) is 5.20. The minimum absolute atomic E-state index is 0.0621. The Morgan fingerprint density at radius 2 is 1.83 bits per heavy atom. The molecule has 3 rings (SSSR count). The highest BCUT2D eigenvalue weighted by molar-refractivity contribution is 6.01. The molecule has 0 aromatic heterocycles. The number of carbonyl (C=O) groups is 2. The molecule has 2 aliphatic rings. The maximum Gasteiger partial charge on any atom is 0.258 e. The van der Waals surface area contributed by atoms with Crippen molar-refractivity contribution < 1.29 is 19.1 Å². The Bertz CT molecular complexity index is 660. The molecule has 2 amide bonds. The molecule has 6 heteroatoms. The monoisotopic (exact) mass is 332 g/mol. The van der Waals surface area contributed by atoms with Crippen molar-refractivity contribution in [3.8, 4) is 11.5 Å². The maximum absolute atomic E-state index is 13.2. The minimum Gasteiger partial charge on any atom is -0.497 e. The molecule has 0 bridgehead atoms. The van der Waals surface area contributed by atoms with Crippen LogP contribution in [0.1, 0.15) is 36.0 Å². The molecule has 1 atom stereocenters. The van der Waals surface area contributed by atoms with Crippen molar-refractivity contribution in [3.05, 3.63) is 23.8 Å². The highest BCUT2D eigenvalue weighted by Crippen LogP contribution is 2.40. The zero-order chi connectivity index (χ0) is 17.3. The fourth-order valence-corrected chi connectivity index (χ4v) is 3.95. The molecule has 2 fully saturated rings. The van der Waals surface area contributed by atoms with Crippen LogP contribution in [0.4, 0.5) is 0 Å². The smallest absolute Gasteiger partial charge is 0.258 e. The molecule has 24 heavy (non-hydrogen) atoms. The molecule has 0 aliphatic carbocycles. The third-order valence-corrected chi connectivity index (χ3v) is 5.20. The topological polar surface area (TPSA) is 59.1 Å². The second kappa shape index (κ2) is 6.34. The van der Waals surface area contributed by atoms with Gasteiger partial charge in [0, 0.05) is 26.2 Å². The van der Waals surface area contributed by atoms with Crippen LogP contribution < -0.4 is 9.47 Å². The molecule has 0 radical (unpaired) electrons. The number of likely N-dealkylation sites (N-methyl/N-ethyl adjacent to an activating group) is 1. The minimum atomic E-state index is -0.685. The summed E-state index contributed by atoms with van der Waals surface area (Å²) in [6.07, 6.45) is 3.25. The van der Waals surface area contributed by atoms with Crippen LogP contribution in [0.25, 0.3) is 0 Å². The highest BCUT2D eigenvalue weighted by atomic mass is 16.5. The Morgan fingerprint density at radius 1 is 1.12 bits per heavy atom. The van der Waals surface area contributed by atoms with Crippen LogP contribution in [0, 0.1) is 0 Å². The molecule has 0 saturated carbocycles. The molecular weight excluding hydrogens is 308 g/mol. The largest absolute Gasteiger partial charge is 0.497 e. The number of hydrogen-bond acceptors (Lipinski definition) is 4. The van der Waals surface area contributed by atoms with Crippen molar-refractivity contribution >= 4 is 11.8 Å². The number of carbonyl (C=O) groups excluding carboxylic acids is 2. The van der Waals surface area contributed by atoms with Gasteiger partial charge in [-0.25, -0.2) is 0 Å². The SMILES string of the molecule is COc1ccc(C(=O)N2CCCC23CCCN(C)C3=O)c(OC)c1. The first-order valence-electron chi connectivity index (χ1n) is 8.33. The van der Waals surface area contributed by atoms with Crippen LogP contribution in [0.5, 0.6) is 11.5 Å². The van der Waals surface area contributed by atoms with Gasteiger partial charge >= 0.3 is 0 Å². The number of rotatable bonds is 3. The third kappa shape index (κ3) is 2.50. The number of methoxy groups -OCH3 is 2. The summed E-state index contributed by atoms with van der Waals surface area (Å²) in [5.74, 6) is 1.02. The van der Waals surface area contributed by atoms with E-state index in [1.807, 2.05) is 7.05 Å². The number of benzene rings is 1. The molecule has 1 aromatic rings. The Labute approximate surface area is 142 Å². The van der Waals surface area contributed by atoms with E-state index in [1.54, 1.807) is 35.1 Å². The van der Waals surface area contributed by atoms with Crippen molar-refractivity contribution in [2.45, 2.75) is 31.2 Å². The van der Waals surface area contributed by atoms with Crippen LogP contribution in [-0.4, -0.2) is 61.5 Å². The molecule has 2 saturated heterocycles. The summed E-state index contributed by atoms with van der Waals surface area (Å²) in [5, 5.41) is 0. The predicted molar refractivity (Wildman–Crippen MR) is 89.4 cm³/mol. The Morgan fingerprint density at radius 3 is 2.50 bits per heavy atom. The normalized spacial score (nSPS) is 23.7. The van der Waals surface area contributed by atoms with Crippen LogP contribution in [0.2, 0.25) is 0 Å². The fourth-order valence-electron chi connectivity index (χ4n) is 3.95. The molecule has 6 nitrogen and oxygen atoms in total. The quantitative estimate of drug-likeness (QED) is 0.849. The van der Waals surface area contributed by atoms with Crippen LogP contribution in [-0.2, 0) is 4.79 Å². The van der Waals surface area contributed by atoms with Crippen molar-refractivity contribution in [3.63, 3.8) is 0 Å². The van der Waals surface area contributed by atoms with E-state index >= 15 is 0 Å². The van der Waals surface area contributed by atoms with Gasteiger partial charge in [0.25, 0.3) is 5.91 Å². The zero-order valence-electron chi connectivity index (χ0n) is 14.5. The molecular formula is C18H24N2O4. The second-order valence-corrected chi connectivity index (χ2v) is 6.49. The molecule has 2 aliphatic heterocycles. The lowest BCUT2D eigenvalue weighted by molar-refractivity contribution is -0.144. The van der Waals surface area contributed by atoms with Crippen LogP contribution >= 0.6 is 0 Å². The van der Waals surface area contributed by atoms with Gasteiger partial charge in [0.2, 0.25) is 5.91 Å². The molecule has 2 heterocycles. The van der Waals surface area contributed by atoms with Crippen molar-refractivity contribution in [1.29, 1.82) is 0 Å². The number of nitrogens with zero attached hydrogens (tertiary/aromatic N) is 2. The van der Waals surface area contributed by atoms with Crippen molar-refractivity contribution in [1.82, 2.24) is 9.80 Å². The fraction of sp³-hybridized carbons (Fsp3) is 0.556. The first-order valence-corrected chi connectivity index (χ1v) is 8.33. The maximum atomic E-state index is 13.2. The molecule has 1 spiro atoms. The average Bonchev–Trinajstić information content (AvgIpc) is 3.02. The number of amides is 2. The first kappa shape index (κ1) is 16.6. The van der Waals surface area contributed by atoms with E-state index in [4.69, 9.17) is 9.47 Å². The van der Waals surface area contributed by atoms with Crippen molar-refractivity contribution in [2.24, 2.45) is 0 Å². The summed E-state index contributed by atoms with van der Waals surface area (Å²) >= 11 is 0. The summed E-state index contributed by atoms with van der Waals surface area (Å²) < 4.78 is 10.6. The Hall–Kier alpha value is -2.24. The Kier molecular flexibility index (Phi) is 4.39. The van der Waals surface area contributed by atoms with Crippen LogP contribution in [0.3, 0.4) is 0 Å². The highest BCUT2D eigenvalue weighted by Gasteiger charge is 2.52. The number of piperidine rings is 1. The Balaban J connectivity index is 1.96. The molecule has 0 N–H and O–H groups in total. The van der Waals surface area contributed by atoms with Gasteiger partial charge in [0.1, 0.15) is 17.0 Å². The zero-order valence-corrected chi connectivity index (χ0v) is 14.5. The van der Waals surface area contributed by atoms with E-state index in [1.165, 1.54) is 7.11 Å². The molecule has 130 valence electrons. The standard InChI is InChI=1S/C18H24N2O4/c1-19-10-4-8-18(17(19)22)9-5-11-20(18)16(21)14-7-6-13(23-2)12-15(14)24-3/h6-7,12H,4-5,8-11H2,1-3H3. The summed E-state index contributed by atoms with van der Waals surface area (Å²) in [7, 11) is 4.92. The molecule has 1 aromatic carbocycles. The van der Waals surface area contributed by atoms with Gasteiger partial charge in [0.05, 0.1) is 19.8 Å². The van der Waals surface area contributed by atoms with Crippen LogP contribution in [0.15, 0.2) is 18.2 Å². The van der Waals surface area contributed by atoms with Gasteiger partial charge in [-0.15, -0.1) is 0 Å². The lowest BCUT2D eigenvalue weighted by Gasteiger charge is -2.43. The van der Waals surface area contributed by atoms with Gasteiger partial charge in [-0.05, 0) is 37.8 Å². The first-order chi connectivity index (χ1) is 11.5. The number of likely N-dealkylation sites (tertiary alicyclic amines) is 2. The van der Waals surface area contributed by atoms with E-state index in [0.717, 1.165) is 32.2 Å². The van der Waals surface area contributed by atoms with E-state index in [-0.39, 0.29) is 11.8 Å². The van der Waals surface area contributed by atoms with E-state index in [2.05, 4.69) is 0 Å². The summed E-state index contributed by atoms with van der Waals surface area (Å²) in [6, 6.07) is 5.15. The number of ether oxygens (including phenoxy) is 2. The molecule has 1 unspecified atom stereocenters. The number of hydrogen-bond donors (Lipinski definition) is 0. The predicted octanol–water partition coefficient (Wildman–Crippen LogP) is 1.93. The lowest BCUT2D eigenvalue weighted by atomic mass is 9.85. The van der Waals surface area contributed by atoms with Gasteiger partial charge in [-0.1, -0.05) is 0 Å². The van der Waals surface area contributed by atoms with Gasteiger partial charge in [-0.3, -0.25) is 9.59 Å². The van der Waals surface area contributed by atoms with E-state index < -0.39 is 5.54 Å². The van der Waals surface area contributed by atoms with Gasteiger partial charge in [-0.2, -0.15) is 0 Å². The van der Waals surface area contributed by atoms with E-state index in [9.17, 15) is 9.59 Å². The van der Waals surface area contributed by atoms with Gasteiger partial charge in [0.15, 0.2) is 0 Å². The van der Waals surface area contributed by atoms with Gasteiger partial charge < -0.3 is 19.3 Å². The van der Waals surface area contributed by atoms with Crippen molar-refractivity contribution in [2.75, 3.05) is 34.4 Å². The summed E-state index contributed by atoms with van der Waals surface area (Å²) in [6.45, 7) is 1.36. The summed E-state index contributed by atoms with van der Waals surface area (Å²) in [5.41, 5.74) is -0.213. The second-order valence-electron chi connectivity index (χ2n) is 6.49.